The number of hydrogen-bond acceptors (Lipinski definition) is 4. The van der Waals surface area contributed by atoms with Crippen molar-refractivity contribution in [2.24, 2.45) is 0 Å². The normalized spacial score (nSPS) is 11.2. The summed E-state index contributed by atoms with van der Waals surface area (Å²) in [6.45, 7) is 4.73. The third-order valence-corrected chi connectivity index (χ3v) is 3.73. The molecule has 0 radical (unpaired) electrons. The van der Waals surface area contributed by atoms with Gasteiger partial charge in [-0.15, -0.1) is 0 Å². The standard InChI is InChI=1S/C14H15IN6/c1-10(2)21-13(16-8-18-21)7-20-9-17-14(19-20)11-4-3-5-12(15)6-11/h3-6,8-10H,7H2,1-2H3. The molecule has 2 heterocycles. The Labute approximate surface area is 136 Å². The molecule has 0 spiro atoms. The van der Waals surface area contributed by atoms with Gasteiger partial charge in [0.1, 0.15) is 25.0 Å². The maximum Gasteiger partial charge on any atom is 0.181 e. The van der Waals surface area contributed by atoms with Crippen LogP contribution in [0.1, 0.15) is 25.7 Å². The van der Waals surface area contributed by atoms with Gasteiger partial charge in [0, 0.05) is 15.2 Å². The first-order chi connectivity index (χ1) is 10.1. The van der Waals surface area contributed by atoms with E-state index in [0.29, 0.717) is 6.54 Å². The third-order valence-electron chi connectivity index (χ3n) is 3.06. The van der Waals surface area contributed by atoms with Gasteiger partial charge in [-0.25, -0.2) is 19.3 Å². The first kappa shape index (κ1) is 14.2. The minimum absolute atomic E-state index is 0.279. The van der Waals surface area contributed by atoms with Crippen LogP contribution in [0.3, 0.4) is 0 Å². The number of nitrogens with zero attached hydrogens (tertiary/aromatic N) is 6. The van der Waals surface area contributed by atoms with Crippen molar-refractivity contribution in [3.8, 4) is 11.4 Å². The molecule has 0 aliphatic rings. The highest BCUT2D eigenvalue weighted by Crippen LogP contribution is 2.17. The van der Waals surface area contributed by atoms with E-state index < -0.39 is 0 Å². The zero-order valence-corrected chi connectivity index (χ0v) is 14.0. The van der Waals surface area contributed by atoms with E-state index in [2.05, 4.69) is 62.7 Å². The van der Waals surface area contributed by atoms with Crippen LogP contribution in [0.4, 0.5) is 0 Å². The molecule has 3 rings (SSSR count). The Bertz CT molecular complexity index is 745. The molecule has 21 heavy (non-hydrogen) atoms. The molecule has 0 amide bonds. The molecule has 1 aromatic carbocycles. The lowest BCUT2D eigenvalue weighted by Gasteiger charge is -2.08. The van der Waals surface area contributed by atoms with E-state index in [1.807, 2.05) is 22.9 Å². The Morgan fingerprint density at radius 2 is 2.10 bits per heavy atom. The summed E-state index contributed by atoms with van der Waals surface area (Å²) in [5.41, 5.74) is 1.02. The van der Waals surface area contributed by atoms with E-state index >= 15 is 0 Å². The summed E-state index contributed by atoms with van der Waals surface area (Å²) in [5.74, 6) is 1.60. The first-order valence-corrected chi connectivity index (χ1v) is 7.75. The molecule has 3 aromatic rings. The van der Waals surface area contributed by atoms with Crippen molar-refractivity contribution in [2.75, 3.05) is 0 Å². The Kier molecular flexibility index (Phi) is 4.00. The number of rotatable bonds is 4. The molecule has 0 bridgehead atoms. The molecule has 0 aliphatic carbocycles. The van der Waals surface area contributed by atoms with Crippen LogP contribution in [0, 0.1) is 3.57 Å². The van der Waals surface area contributed by atoms with Crippen molar-refractivity contribution in [3.05, 3.63) is 46.3 Å². The van der Waals surface area contributed by atoms with Gasteiger partial charge in [-0.1, -0.05) is 12.1 Å². The van der Waals surface area contributed by atoms with Gasteiger partial charge >= 0.3 is 0 Å². The second-order valence-electron chi connectivity index (χ2n) is 4.99. The summed E-state index contributed by atoms with van der Waals surface area (Å²) in [6.07, 6.45) is 3.31. The van der Waals surface area contributed by atoms with Crippen LogP contribution in [0.2, 0.25) is 0 Å². The number of halogens is 1. The van der Waals surface area contributed by atoms with Crippen molar-refractivity contribution < 1.29 is 0 Å². The van der Waals surface area contributed by atoms with Crippen molar-refractivity contribution in [2.45, 2.75) is 26.4 Å². The van der Waals surface area contributed by atoms with Crippen molar-refractivity contribution in [1.82, 2.24) is 29.5 Å². The molecule has 7 heteroatoms. The number of benzene rings is 1. The fourth-order valence-electron chi connectivity index (χ4n) is 2.09. The average molecular weight is 394 g/mol. The van der Waals surface area contributed by atoms with Gasteiger partial charge in [-0.05, 0) is 48.6 Å². The Hall–Kier alpha value is -1.77. The zero-order chi connectivity index (χ0) is 14.8. The van der Waals surface area contributed by atoms with E-state index in [1.54, 1.807) is 17.3 Å². The second kappa shape index (κ2) is 5.92. The van der Waals surface area contributed by atoms with E-state index in [-0.39, 0.29) is 6.04 Å². The molecule has 0 saturated carbocycles. The van der Waals surface area contributed by atoms with Crippen molar-refractivity contribution in [3.63, 3.8) is 0 Å². The van der Waals surface area contributed by atoms with Crippen molar-refractivity contribution >= 4 is 22.6 Å². The fourth-order valence-corrected chi connectivity index (χ4v) is 2.64. The average Bonchev–Trinajstić information content (AvgIpc) is 3.08. The molecule has 0 atom stereocenters. The summed E-state index contributed by atoms with van der Waals surface area (Å²) in [4.78, 5) is 8.66. The largest absolute Gasteiger partial charge is 0.246 e. The smallest absolute Gasteiger partial charge is 0.181 e. The van der Waals surface area contributed by atoms with Gasteiger partial charge in [0.15, 0.2) is 5.82 Å². The quantitative estimate of drug-likeness (QED) is 0.639. The lowest BCUT2D eigenvalue weighted by Crippen LogP contribution is -2.12. The molecule has 0 fully saturated rings. The van der Waals surface area contributed by atoms with Crippen LogP contribution in [0.15, 0.2) is 36.9 Å². The molecule has 108 valence electrons. The summed E-state index contributed by atoms with van der Waals surface area (Å²) in [5, 5.41) is 8.75. The highest BCUT2D eigenvalue weighted by Gasteiger charge is 2.10. The maximum absolute atomic E-state index is 4.52. The predicted molar refractivity (Wildman–Crippen MR) is 87.7 cm³/mol. The predicted octanol–water partition coefficient (Wildman–Crippen LogP) is 2.77. The van der Waals surface area contributed by atoms with Crippen LogP contribution in [-0.4, -0.2) is 29.5 Å². The van der Waals surface area contributed by atoms with Gasteiger partial charge in [0.25, 0.3) is 0 Å². The van der Waals surface area contributed by atoms with Gasteiger partial charge in [0.05, 0.1) is 0 Å². The number of hydrogen-bond donors (Lipinski definition) is 0. The molecule has 0 aliphatic heterocycles. The van der Waals surface area contributed by atoms with E-state index in [4.69, 9.17) is 0 Å². The zero-order valence-electron chi connectivity index (χ0n) is 11.8. The van der Waals surface area contributed by atoms with E-state index in [1.165, 1.54) is 3.57 Å². The Morgan fingerprint density at radius 3 is 2.86 bits per heavy atom. The van der Waals surface area contributed by atoms with Crippen molar-refractivity contribution in [1.29, 1.82) is 0 Å². The van der Waals surface area contributed by atoms with E-state index in [0.717, 1.165) is 17.2 Å². The van der Waals surface area contributed by atoms with Crippen LogP contribution < -0.4 is 0 Å². The summed E-state index contributed by atoms with van der Waals surface area (Å²) < 4.78 is 4.85. The highest BCUT2D eigenvalue weighted by molar-refractivity contribution is 14.1. The molecule has 0 N–H and O–H groups in total. The lowest BCUT2D eigenvalue weighted by molar-refractivity contribution is 0.488. The minimum Gasteiger partial charge on any atom is -0.246 e. The fraction of sp³-hybridized carbons (Fsp3) is 0.286. The second-order valence-corrected chi connectivity index (χ2v) is 6.24. The molecular formula is C14H15IN6. The van der Waals surface area contributed by atoms with E-state index in [9.17, 15) is 0 Å². The Morgan fingerprint density at radius 1 is 1.24 bits per heavy atom. The monoisotopic (exact) mass is 394 g/mol. The van der Waals surface area contributed by atoms with Gasteiger partial charge < -0.3 is 0 Å². The summed E-state index contributed by atoms with van der Waals surface area (Å²) in [6, 6.07) is 8.41. The molecule has 0 saturated heterocycles. The Balaban J connectivity index is 1.84. The molecular weight excluding hydrogens is 379 g/mol. The molecule has 2 aromatic heterocycles. The third kappa shape index (κ3) is 3.12. The van der Waals surface area contributed by atoms with Crippen LogP contribution in [-0.2, 0) is 6.54 Å². The first-order valence-electron chi connectivity index (χ1n) is 6.67. The van der Waals surface area contributed by atoms with Gasteiger partial charge in [0.2, 0.25) is 0 Å². The summed E-state index contributed by atoms with van der Waals surface area (Å²) >= 11 is 2.28. The molecule has 6 nitrogen and oxygen atoms in total. The van der Waals surface area contributed by atoms with Gasteiger partial charge in [-0.3, -0.25) is 0 Å². The SMILES string of the molecule is CC(C)n1ncnc1Cn1cnc(-c2cccc(I)c2)n1. The van der Waals surface area contributed by atoms with Crippen LogP contribution >= 0.6 is 22.6 Å². The van der Waals surface area contributed by atoms with Crippen LogP contribution in [0.5, 0.6) is 0 Å². The van der Waals surface area contributed by atoms with Gasteiger partial charge in [-0.2, -0.15) is 10.2 Å². The lowest BCUT2D eigenvalue weighted by atomic mass is 10.2. The van der Waals surface area contributed by atoms with Crippen LogP contribution in [0.25, 0.3) is 11.4 Å². The highest BCUT2D eigenvalue weighted by atomic mass is 127. The summed E-state index contributed by atoms with van der Waals surface area (Å²) in [7, 11) is 0. The molecule has 0 unspecified atom stereocenters. The topological polar surface area (TPSA) is 61.4 Å². The maximum atomic E-state index is 4.52. The number of aromatic nitrogens is 6. The minimum atomic E-state index is 0.279.